The first-order chi connectivity index (χ1) is 5.59. The third kappa shape index (κ3) is 2.34. The van der Waals surface area contributed by atoms with E-state index in [1.165, 1.54) is 4.88 Å². The van der Waals surface area contributed by atoms with Gasteiger partial charge in [-0.2, -0.15) is 0 Å². The molecule has 0 amide bonds. The zero-order valence-corrected chi connectivity index (χ0v) is 8.02. The van der Waals surface area contributed by atoms with Gasteiger partial charge in [-0.25, -0.2) is 0 Å². The minimum Gasteiger partial charge on any atom is -0.481 e. The number of carbonyl (C=O) groups is 1. The lowest BCUT2D eigenvalue weighted by atomic mass is 10.1. The summed E-state index contributed by atoms with van der Waals surface area (Å²) >= 11 is 1.67. The Morgan fingerprint density at radius 1 is 1.67 bits per heavy atom. The van der Waals surface area contributed by atoms with Gasteiger partial charge in [0, 0.05) is 9.75 Å². The zero-order valence-electron chi connectivity index (χ0n) is 7.20. The molecule has 0 unspecified atom stereocenters. The average molecular weight is 184 g/mol. The van der Waals surface area contributed by atoms with Crippen molar-refractivity contribution in [3.8, 4) is 0 Å². The van der Waals surface area contributed by atoms with Crippen molar-refractivity contribution in [3.63, 3.8) is 0 Å². The molecule has 2 nitrogen and oxygen atoms in total. The van der Waals surface area contributed by atoms with Crippen LogP contribution in [0.25, 0.3) is 0 Å². The standard InChI is InChI=1S/C9H12O2S/c1-6(9(10)11)5-8-4-3-7(2)12-8/h3-4,6H,5H2,1-2H3,(H,10,11)/t6-/m0/s1. The lowest BCUT2D eigenvalue weighted by molar-refractivity contribution is -0.141. The van der Waals surface area contributed by atoms with Gasteiger partial charge in [0.05, 0.1) is 5.92 Å². The summed E-state index contributed by atoms with van der Waals surface area (Å²) < 4.78 is 0. The van der Waals surface area contributed by atoms with E-state index in [-0.39, 0.29) is 5.92 Å². The Labute approximate surface area is 75.9 Å². The van der Waals surface area contributed by atoms with Crippen LogP contribution in [0.15, 0.2) is 12.1 Å². The lowest BCUT2D eigenvalue weighted by Crippen LogP contribution is -2.11. The molecule has 3 heteroatoms. The molecule has 12 heavy (non-hydrogen) atoms. The third-order valence-corrected chi connectivity index (χ3v) is 2.75. The molecular formula is C9H12O2S. The van der Waals surface area contributed by atoms with Crippen molar-refractivity contribution in [3.05, 3.63) is 21.9 Å². The molecule has 0 aliphatic carbocycles. The van der Waals surface area contributed by atoms with Crippen molar-refractivity contribution < 1.29 is 9.90 Å². The Kier molecular flexibility index (Phi) is 2.87. The summed E-state index contributed by atoms with van der Waals surface area (Å²) in [6.07, 6.45) is 0.647. The summed E-state index contributed by atoms with van der Waals surface area (Å²) in [5, 5.41) is 8.65. The fourth-order valence-corrected chi connectivity index (χ4v) is 2.00. The maximum atomic E-state index is 10.5. The van der Waals surface area contributed by atoms with E-state index in [0.717, 1.165) is 4.88 Å². The van der Waals surface area contributed by atoms with Crippen LogP contribution in [0.2, 0.25) is 0 Å². The molecule has 0 radical (unpaired) electrons. The second-order valence-corrected chi connectivity index (χ2v) is 4.33. The molecule has 0 bridgehead atoms. The molecular weight excluding hydrogens is 172 g/mol. The van der Waals surface area contributed by atoms with Crippen molar-refractivity contribution in [2.45, 2.75) is 20.3 Å². The van der Waals surface area contributed by atoms with Crippen LogP contribution in [-0.2, 0) is 11.2 Å². The fraction of sp³-hybridized carbons (Fsp3) is 0.444. The van der Waals surface area contributed by atoms with Crippen molar-refractivity contribution in [2.24, 2.45) is 5.92 Å². The molecule has 0 aromatic carbocycles. The summed E-state index contributed by atoms with van der Waals surface area (Å²) in [4.78, 5) is 12.9. The van der Waals surface area contributed by atoms with Crippen molar-refractivity contribution >= 4 is 17.3 Å². The molecule has 1 heterocycles. The molecule has 0 fully saturated rings. The number of thiophene rings is 1. The quantitative estimate of drug-likeness (QED) is 0.782. The normalized spacial score (nSPS) is 12.8. The molecule has 1 rings (SSSR count). The molecule has 1 aromatic rings. The van der Waals surface area contributed by atoms with Crippen LogP contribution in [0, 0.1) is 12.8 Å². The highest BCUT2D eigenvalue weighted by Gasteiger charge is 2.11. The summed E-state index contributed by atoms with van der Waals surface area (Å²) in [7, 11) is 0. The van der Waals surface area contributed by atoms with E-state index in [1.807, 2.05) is 19.1 Å². The fourth-order valence-electron chi connectivity index (χ4n) is 0.984. The summed E-state index contributed by atoms with van der Waals surface area (Å²) in [5.74, 6) is -0.996. The molecule has 1 aromatic heterocycles. The first-order valence-corrected chi connectivity index (χ1v) is 4.69. The highest BCUT2D eigenvalue weighted by Crippen LogP contribution is 2.18. The SMILES string of the molecule is Cc1ccc(C[C@H](C)C(=O)O)s1. The first kappa shape index (κ1) is 9.26. The molecule has 0 spiro atoms. The van der Waals surface area contributed by atoms with Crippen LogP contribution in [0.5, 0.6) is 0 Å². The Bertz CT molecular complexity index is 278. The van der Waals surface area contributed by atoms with Crippen LogP contribution in [0.1, 0.15) is 16.7 Å². The van der Waals surface area contributed by atoms with Gasteiger partial charge in [-0.15, -0.1) is 11.3 Å². The second-order valence-electron chi connectivity index (χ2n) is 2.96. The van der Waals surface area contributed by atoms with Gasteiger partial charge >= 0.3 is 5.97 Å². The minimum absolute atomic E-state index is 0.275. The Hall–Kier alpha value is -0.830. The number of carboxylic acid groups (broad SMARTS) is 1. The third-order valence-electron chi connectivity index (χ3n) is 1.72. The van der Waals surface area contributed by atoms with E-state index in [9.17, 15) is 4.79 Å². The van der Waals surface area contributed by atoms with Crippen LogP contribution in [0.4, 0.5) is 0 Å². The maximum absolute atomic E-state index is 10.5. The molecule has 0 aliphatic heterocycles. The number of hydrogen-bond donors (Lipinski definition) is 1. The van der Waals surface area contributed by atoms with Gasteiger partial charge in [0.15, 0.2) is 0 Å². The number of aliphatic carboxylic acids is 1. The lowest BCUT2D eigenvalue weighted by Gasteiger charge is -2.01. The van der Waals surface area contributed by atoms with E-state index in [0.29, 0.717) is 6.42 Å². The summed E-state index contributed by atoms with van der Waals surface area (Å²) in [6.45, 7) is 3.76. The molecule has 0 saturated carbocycles. The zero-order chi connectivity index (χ0) is 9.14. The number of hydrogen-bond acceptors (Lipinski definition) is 2. The predicted molar refractivity (Wildman–Crippen MR) is 49.6 cm³/mol. The molecule has 66 valence electrons. The molecule has 0 saturated heterocycles. The van der Waals surface area contributed by atoms with Crippen molar-refractivity contribution in [2.75, 3.05) is 0 Å². The first-order valence-electron chi connectivity index (χ1n) is 3.87. The minimum atomic E-state index is -0.721. The maximum Gasteiger partial charge on any atom is 0.306 e. The van der Waals surface area contributed by atoms with Gasteiger partial charge in [-0.05, 0) is 25.5 Å². The summed E-state index contributed by atoms with van der Waals surface area (Å²) in [5.41, 5.74) is 0. The van der Waals surface area contributed by atoms with Gasteiger partial charge in [0.2, 0.25) is 0 Å². The van der Waals surface area contributed by atoms with E-state index >= 15 is 0 Å². The molecule has 0 aliphatic rings. The molecule has 1 N–H and O–H groups in total. The van der Waals surface area contributed by atoms with Crippen LogP contribution < -0.4 is 0 Å². The highest BCUT2D eigenvalue weighted by molar-refractivity contribution is 7.11. The van der Waals surface area contributed by atoms with Crippen molar-refractivity contribution in [1.82, 2.24) is 0 Å². The van der Waals surface area contributed by atoms with Gasteiger partial charge < -0.3 is 5.11 Å². The predicted octanol–water partition coefficient (Wildman–Crippen LogP) is 2.32. The average Bonchev–Trinajstić information content (AvgIpc) is 2.35. The Balaban J connectivity index is 2.58. The smallest absolute Gasteiger partial charge is 0.306 e. The van der Waals surface area contributed by atoms with Crippen LogP contribution >= 0.6 is 11.3 Å². The van der Waals surface area contributed by atoms with Gasteiger partial charge in [0.1, 0.15) is 0 Å². The summed E-state index contributed by atoms with van der Waals surface area (Å²) in [6, 6.07) is 4.02. The van der Waals surface area contributed by atoms with E-state index in [2.05, 4.69) is 0 Å². The van der Waals surface area contributed by atoms with Crippen LogP contribution in [0.3, 0.4) is 0 Å². The topological polar surface area (TPSA) is 37.3 Å². The number of rotatable bonds is 3. The van der Waals surface area contributed by atoms with E-state index < -0.39 is 5.97 Å². The second kappa shape index (κ2) is 3.72. The van der Waals surface area contributed by atoms with Crippen molar-refractivity contribution in [1.29, 1.82) is 0 Å². The van der Waals surface area contributed by atoms with Gasteiger partial charge in [-0.3, -0.25) is 4.79 Å². The Morgan fingerprint density at radius 3 is 2.75 bits per heavy atom. The number of carboxylic acids is 1. The number of aryl methyl sites for hydroxylation is 1. The van der Waals surface area contributed by atoms with E-state index in [4.69, 9.17) is 5.11 Å². The van der Waals surface area contributed by atoms with Gasteiger partial charge in [-0.1, -0.05) is 6.92 Å². The largest absolute Gasteiger partial charge is 0.481 e. The highest BCUT2D eigenvalue weighted by atomic mass is 32.1. The monoisotopic (exact) mass is 184 g/mol. The Morgan fingerprint density at radius 2 is 2.33 bits per heavy atom. The van der Waals surface area contributed by atoms with Gasteiger partial charge in [0.25, 0.3) is 0 Å². The molecule has 1 atom stereocenters. The van der Waals surface area contributed by atoms with Crippen LogP contribution in [-0.4, -0.2) is 11.1 Å². The van der Waals surface area contributed by atoms with E-state index in [1.54, 1.807) is 18.3 Å².